The summed E-state index contributed by atoms with van der Waals surface area (Å²) in [5, 5.41) is 14.5. The van der Waals surface area contributed by atoms with Gasteiger partial charge >= 0.3 is 0 Å². The van der Waals surface area contributed by atoms with Crippen LogP contribution in [-0.4, -0.2) is 29.0 Å². The van der Waals surface area contributed by atoms with Crippen molar-refractivity contribution in [1.82, 2.24) is 4.90 Å². The Morgan fingerprint density at radius 3 is 2.76 bits per heavy atom. The Morgan fingerprint density at radius 2 is 2.19 bits per heavy atom. The van der Waals surface area contributed by atoms with Crippen molar-refractivity contribution < 1.29 is 4.92 Å². The molecule has 1 aliphatic rings. The van der Waals surface area contributed by atoms with E-state index in [1.807, 2.05) is 6.07 Å². The van der Waals surface area contributed by atoms with Crippen LogP contribution in [0.3, 0.4) is 0 Å². The monoisotopic (exact) mass is 291 g/mol. The molecule has 116 valence electrons. The highest BCUT2D eigenvalue weighted by molar-refractivity contribution is 5.66. The maximum Gasteiger partial charge on any atom is 0.292 e. The average Bonchev–Trinajstić information content (AvgIpc) is 2.75. The number of para-hydroxylation sites is 1. The van der Waals surface area contributed by atoms with Gasteiger partial charge in [0.15, 0.2) is 0 Å². The molecule has 0 saturated carbocycles. The van der Waals surface area contributed by atoms with Gasteiger partial charge in [-0.05, 0) is 31.2 Å². The molecular weight excluding hydrogens is 266 g/mol. The van der Waals surface area contributed by atoms with E-state index >= 15 is 0 Å². The summed E-state index contributed by atoms with van der Waals surface area (Å²) < 4.78 is 0. The molecule has 5 heteroatoms. The third-order valence-electron chi connectivity index (χ3n) is 4.16. The van der Waals surface area contributed by atoms with Gasteiger partial charge < -0.3 is 5.32 Å². The van der Waals surface area contributed by atoms with Crippen molar-refractivity contribution in [3.05, 3.63) is 33.9 Å². The van der Waals surface area contributed by atoms with Crippen molar-refractivity contribution in [1.29, 1.82) is 0 Å². The normalized spacial score (nSPS) is 22.4. The minimum Gasteiger partial charge on any atom is -0.379 e. The first-order valence-electron chi connectivity index (χ1n) is 7.77. The number of hydrogen-bond acceptors (Lipinski definition) is 4. The summed E-state index contributed by atoms with van der Waals surface area (Å²) in [6, 6.07) is 5.91. The summed E-state index contributed by atoms with van der Waals surface area (Å²) in [6.07, 6.45) is 2.15. The fourth-order valence-electron chi connectivity index (χ4n) is 3.15. The van der Waals surface area contributed by atoms with Gasteiger partial charge in [0.05, 0.1) is 4.92 Å². The topological polar surface area (TPSA) is 58.4 Å². The number of hydrogen-bond donors (Lipinski definition) is 1. The van der Waals surface area contributed by atoms with Crippen molar-refractivity contribution in [2.24, 2.45) is 5.92 Å². The molecule has 21 heavy (non-hydrogen) atoms. The van der Waals surface area contributed by atoms with Gasteiger partial charge in [-0.3, -0.25) is 15.0 Å². The fourth-order valence-corrected chi connectivity index (χ4v) is 3.15. The van der Waals surface area contributed by atoms with E-state index < -0.39 is 0 Å². The highest BCUT2D eigenvalue weighted by Gasteiger charge is 2.27. The number of likely N-dealkylation sites (tertiary alicyclic amines) is 1. The van der Waals surface area contributed by atoms with E-state index in [1.165, 1.54) is 6.42 Å². The summed E-state index contributed by atoms with van der Waals surface area (Å²) in [6.45, 7) is 9.16. The van der Waals surface area contributed by atoms with E-state index in [9.17, 15) is 10.1 Å². The van der Waals surface area contributed by atoms with E-state index in [2.05, 4.69) is 31.0 Å². The van der Waals surface area contributed by atoms with Gasteiger partial charge in [-0.15, -0.1) is 0 Å². The standard InChI is InChI=1S/C16H25N3O2/c1-4-8-17-16-14(6-5-7-15(16)19(20)21)11-18-10-12(2)9-13(18)3/h5-7,12-13,17H,4,8-11H2,1-3H3. The van der Waals surface area contributed by atoms with Crippen molar-refractivity contribution in [2.75, 3.05) is 18.4 Å². The molecule has 0 radical (unpaired) electrons. The minimum atomic E-state index is -0.294. The Hall–Kier alpha value is -1.62. The Labute approximate surface area is 126 Å². The van der Waals surface area contributed by atoms with Crippen LogP contribution in [0.15, 0.2) is 18.2 Å². The zero-order valence-electron chi connectivity index (χ0n) is 13.1. The number of rotatable bonds is 6. The van der Waals surface area contributed by atoms with Crippen LogP contribution >= 0.6 is 0 Å². The molecule has 1 heterocycles. The summed E-state index contributed by atoms with van der Waals surface area (Å²) in [7, 11) is 0. The van der Waals surface area contributed by atoms with E-state index in [0.717, 1.165) is 31.6 Å². The van der Waals surface area contributed by atoms with Gasteiger partial charge in [0.1, 0.15) is 5.69 Å². The third-order valence-corrected chi connectivity index (χ3v) is 4.16. The maximum atomic E-state index is 11.2. The highest BCUT2D eigenvalue weighted by Crippen LogP contribution is 2.32. The lowest BCUT2D eigenvalue weighted by Crippen LogP contribution is -2.27. The van der Waals surface area contributed by atoms with Crippen LogP contribution in [0.2, 0.25) is 0 Å². The molecule has 1 fully saturated rings. The number of nitro groups is 1. The molecule has 2 atom stereocenters. The molecule has 0 amide bonds. The molecule has 0 aliphatic carbocycles. The number of anilines is 1. The first-order chi connectivity index (χ1) is 10.0. The lowest BCUT2D eigenvalue weighted by Gasteiger charge is -2.22. The molecule has 1 aliphatic heterocycles. The summed E-state index contributed by atoms with van der Waals surface area (Å²) >= 11 is 0. The van der Waals surface area contributed by atoms with E-state index in [-0.39, 0.29) is 10.6 Å². The Balaban J connectivity index is 2.25. The van der Waals surface area contributed by atoms with Gasteiger partial charge in [0, 0.05) is 31.7 Å². The second-order valence-electron chi connectivity index (χ2n) is 6.11. The predicted molar refractivity (Wildman–Crippen MR) is 85.5 cm³/mol. The molecule has 0 bridgehead atoms. The molecule has 2 unspecified atom stereocenters. The van der Waals surface area contributed by atoms with Crippen LogP contribution in [0.5, 0.6) is 0 Å². The van der Waals surface area contributed by atoms with Crippen molar-refractivity contribution in [3.8, 4) is 0 Å². The number of benzene rings is 1. The van der Waals surface area contributed by atoms with Gasteiger partial charge in [0.25, 0.3) is 5.69 Å². The molecular formula is C16H25N3O2. The average molecular weight is 291 g/mol. The Bertz CT molecular complexity index is 504. The molecule has 1 aromatic carbocycles. The van der Waals surface area contributed by atoms with Crippen LogP contribution in [0.1, 0.15) is 39.2 Å². The fraction of sp³-hybridized carbons (Fsp3) is 0.625. The number of nitro benzene ring substituents is 1. The van der Waals surface area contributed by atoms with Crippen molar-refractivity contribution in [2.45, 2.75) is 46.2 Å². The third kappa shape index (κ3) is 3.73. The highest BCUT2D eigenvalue weighted by atomic mass is 16.6. The SMILES string of the molecule is CCCNc1c(CN2CC(C)CC2C)cccc1[N+](=O)[O-]. The lowest BCUT2D eigenvalue weighted by molar-refractivity contribution is -0.384. The summed E-state index contributed by atoms with van der Waals surface area (Å²) in [5.74, 6) is 0.700. The molecule has 1 N–H and O–H groups in total. The van der Waals surface area contributed by atoms with Crippen LogP contribution in [0, 0.1) is 16.0 Å². The number of nitrogens with zero attached hydrogens (tertiary/aromatic N) is 2. The predicted octanol–water partition coefficient (Wildman–Crippen LogP) is 3.65. The van der Waals surface area contributed by atoms with Crippen molar-refractivity contribution in [3.63, 3.8) is 0 Å². The zero-order chi connectivity index (χ0) is 15.4. The van der Waals surface area contributed by atoms with Gasteiger partial charge in [-0.1, -0.05) is 26.0 Å². The smallest absolute Gasteiger partial charge is 0.292 e. The second-order valence-corrected chi connectivity index (χ2v) is 6.11. The first-order valence-corrected chi connectivity index (χ1v) is 7.77. The van der Waals surface area contributed by atoms with Crippen molar-refractivity contribution >= 4 is 11.4 Å². The van der Waals surface area contributed by atoms with Crippen LogP contribution in [-0.2, 0) is 6.54 Å². The Kier molecular flexibility index (Phi) is 5.17. The van der Waals surface area contributed by atoms with Gasteiger partial charge in [-0.2, -0.15) is 0 Å². The van der Waals surface area contributed by atoms with Crippen LogP contribution < -0.4 is 5.32 Å². The lowest BCUT2D eigenvalue weighted by atomic mass is 10.1. The van der Waals surface area contributed by atoms with Gasteiger partial charge in [-0.25, -0.2) is 0 Å². The molecule has 5 nitrogen and oxygen atoms in total. The van der Waals surface area contributed by atoms with E-state index in [4.69, 9.17) is 0 Å². The molecule has 1 aromatic rings. The Morgan fingerprint density at radius 1 is 1.43 bits per heavy atom. The van der Waals surface area contributed by atoms with Crippen LogP contribution in [0.4, 0.5) is 11.4 Å². The zero-order valence-corrected chi connectivity index (χ0v) is 13.1. The quantitative estimate of drug-likeness (QED) is 0.642. The van der Waals surface area contributed by atoms with E-state index in [1.54, 1.807) is 12.1 Å². The van der Waals surface area contributed by atoms with E-state index in [0.29, 0.717) is 17.6 Å². The largest absolute Gasteiger partial charge is 0.379 e. The molecule has 0 aromatic heterocycles. The summed E-state index contributed by atoms with van der Waals surface area (Å²) in [5.41, 5.74) is 1.90. The molecule has 0 spiro atoms. The second kappa shape index (κ2) is 6.89. The first kappa shape index (κ1) is 15.8. The maximum absolute atomic E-state index is 11.2. The molecule has 1 saturated heterocycles. The van der Waals surface area contributed by atoms with Gasteiger partial charge in [0.2, 0.25) is 0 Å². The minimum absolute atomic E-state index is 0.181. The number of nitrogens with one attached hydrogen (secondary N) is 1. The summed E-state index contributed by atoms with van der Waals surface area (Å²) in [4.78, 5) is 13.4. The van der Waals surface area contributed by atoms with Crippen LogP contribution in [0.25, 0.3) is 0 Å². The molecule has 2 rings (SSSR count).